The van der Waals surface area contributed by atoms with E-state index in [1.807, 2.05) is 24.3 Å². The number of amides is 3. The monoisotopic (exact) mass is 423 g/mol. The van der Waals surface area contributed by atoms with Gasteiger partial charge in [-0.3, -0.25) is 14.4 Å². The average Bonchev–Trinajstić information content (AvgIpc) is 2.79. The number of anilines is 1. The molecule has 3 rings (SSSR count). The second-order valence-corrected chi connectivity index (χ2v) is 7.84. The summed E-state index contributed by atoms with van der Waals surface area (Å²) in [6.45, 7) is 2.36. The summed E-state index contributed by atoms with van der Waals surface area (Å²) in [6.07, 6.45) is 4.12. The molecule has 0 aromatic heterocycles. The topological polar surface area (TPSA) is 96.5 Å². The van der Waals surface area contributed by atoms with E-state index in [-0.39, 0.29) is 29.7 Å². The van der Waals surface area contributed by atoms with Gasteiger partial charge in [0.05, 0.1) is 18.4 Å². The van der Waals surface area contributed by atoms with E-state index in [9.17, 15) is 14.4 Å². The fourth-order valence-corrected chi connectivity index (χ4v) is 3.85. The van der Waals surface area contributed by atoms with Gasteiger partial charge in [0.15, 0.2) is 0 Å². The molecule has 2 atom stereocenters. The molecule has 7 heteroatoms. The van der Waals surface area contributed by atoms with Crippen LogP contribution in [0.4, 0.5) is 5.69 Å². The molecule has 31 heavy (non-hydrogen) atoms. The third-order valence-corrected chi connectivity index (χ3v) is 5.69. The zero-order valence-corrected chi connectivity index (χ0v) is 17.9. The quantitative estimate of drug-likeness (QED) is 0.622. The van der Waals surface area contributed by atoms with Gasteiger partial charge in [-0.25, -0.2) is 0 Å². The van der Waals surface area contributed by atoms with Gasteiger partial charge < -0.3 is 20.7 Å². The largest absolute Gasteiger partial charge is 0.496 e. The number of methoxy groups -OCH3 is 1. The third kappa shape index (κ3) is 5.84. The first-order valence-electron chi connectivity index (χ1n) is 10.6. The molecule has 1 aliphatic rings. The molecule has 2 aromatic carbocycles. The summed E-state index contributed by atoms with van der Waals surface area (Å²) in [5, 5.41) is 8.24. The molecular formula is C24H29N3O4. The van der Waals surface area contributed by atoms with Crippen molar-refractivity contribution in [3.05, 3.63) is 59.7 Å². The Morgan fingerprint density at radius 3 is 2.45 bits per heavy atom. The first kappa shape index (κ1) is 22.3. The van der Waals surface area contributed by atoms with Crippen LogP contribution < -0.4 is 20.7 Å². The van der Waals surface area contributed by atoms with Crippen molar-refractivity contribution in [3.8, 4) is 5.75 Å². The molecule has 1 saturated carbocycles. The van der Waals surface area contributed by atoms with E-state index in [2.05, 4.69) is 22.9 Å². The number of carbonyl (C=O) groups is 3. The molecule has 3 N–H and O–H groups in total. The number of rotatable bonds is 6. The van der Waals surface area contributed by atoms with Crippen LogP contribution in [-0.2, 0) is 16.1 Å². The van der Waals surface area contributed by atoms with Crippen LogP contribution >= 0.6 is 0 Å². The Morgan fingerprint density at radius 2 is 1.68 bits per heavy atom. The minimum absolute atomic E-state index is 0.00592. The lowest BCUT2D eigenvalue weighted by atomic mass is 9.86. The maximum absolute atomic E-state index is 12.7. The molecule has 164 valence electrons. The van der Waals surface area contributed by atoms with Crippen LogP contribution in [0.25, 0.3) is 0 Å². The summed E-state index contributed by atoms with van der Waals surface area (Å²) >= 11 is 0. The van der Waals surface area contributed by atoms with Crippen LogP contribution in [0, 0.1) is 5.92 Å². The first-order chi connectivity index (χ1) is 15.0. The van der Waals surface area contributed by atoms with E-state index in [0.29, 0.717) is 11.7 Å². The highest BCUT2D eigenvalue weighted by Crippen LogP contribution is 2.24. The summed E-state index contributed by atoms with van der Waals surface area (Å²) < 4.78 is 5.30. The van der Waals surface area contributed by atoms with Gasteiger partial charge in [0.1, 0.15) is 5.75 Å². The van der Waals surface area contributed by atoms with Gasteiger partial charge in [-0.15, -0.1) is 0 Å². The van der Waals surface area contributed by atoms with Gasteiger partial charge in [0.2, 0.25) is 0 Å². The molecule has 2 aromatic rings. The number of benzene rings is 2. The van der Waals surface area contributed by atoms with Crippen LogP contribution in [0.15, 0.2) is 48.5 Å². The highest BCUT2D eigenvalue weighted by atomic mass is 16.5. The highest BCUT2D eigenvalue weighted by Gasteiger charge is 2.26. The number of ether oxygens (including phenoxy) is 1. The van der Waals surface area contributed by atoms with Crippen molar-refractivity contribution in [1.82, 2.24) is 10.6 Å². The standard InChI is InChI=1S/C24H29N3O4/c1-16-9-3-6-12-19(16)26-23(29)24(30)27-20-13-7-5-11-18(20)22(28)25-15-17-10-4-8-14-21(17)31-2/h4-5,7-8,10-11,13-14,16,19H,3,6,9,12,15H2,1-2H3,(H,25,28)(H,26,29)(H,27,30)/t16-,19-/m0/s1. The minimum atomic E-state index is -0.775. The highest BCUT2D eigenvalue weighted by molar-refractivity contribution is 6.40. The smallest absolute Gasteiger partial charge is 0.313 e. The van der Waals surface area contributed by atoms with E-state index in [0.717, 1.165) is 31.2 Å². The van der Waals surface area contributed by atoms with Crippen LogP contribution in [0.5, 0.6) is 5.75 Å². The van der Waals surface area contributed by atoms with E-state index in [1.165, 1.54) is 0 Å². The molecular weight excluding hydrogens is 394 g/mol. The fraction of sp³-hybridized carbons (Fsp3) is 0.375. The fourth-order valence-electron chi connectivity index (χ4n) is 3.85. The summed E-state index contributed by atoms with van der Waals surface area (Å²) in [6, 6.07) is 14.0. The third-order valence-electron chi connectivity index (χ3n) is 5.69. The van der Waals surface area contributed by atoms with Crippen molar-refractivity contribution in [2.45, 2.75) is 45.2 Å². The Labute approximate surface area is 182 Å². The number of carbonyl (C=O) groups excluding carboxylic acids is 3. The van der Waals surface area contributed by atoms with Crippen molar-refractivity contribution < 1.29 is 19.1 Å². The molecule has 1 fully saturated rings. The van der Waals surface area contributed by atoms with Crippen molar-refractivity contribution in [3.63, 3.8) is 0 Å². The van der Waals surface area contributed by atoms with Crippen molar-refractivity contribution >= 4 is 23.4 Å². The lowest BCUT2D eigenvalue weighted by Crippen LogP contribution is -2.46. The Morgan fingerprint density at radius 1 is 0.968 bits per heavy atom. The lowest BCUT2D eigenvalue weighted by molar-refractivity contribution is -0.137. The van der Waals surface area contributed by atoms with E-state index < -0.39 is 11.8 Å². The van der Waals surface area contributed by atoms with Crippen molar-refractivity contribution in [2.75, 3.05) is 12.4 Å². The average molecular weight is 424 g/mol. The Kier molecular flexibility index (Phi) is 7.65. The van der Waals surface area contributed by atoms with E-state index >= 15 is 0 Å². The zero-order chi connectivity index (χ0) is 22.2. The molecule has 7 nitrogen and oxygen atoms in total. The van der Waals surface area contributed by atoms with Crippen LogP contribution in [0.1, 0.15) is 48.5 Å². The number of nitrogens with one attached hydrogen (secondary N) is 3. The molecule has 0 bridgehead atoms. The number of hydrogen-bond acceptors (Lipinski definition) is 4. The molecule has 0 radical (unpaired) electrons. The molecule has 0 saturated heterocycles. The second kappa shape index (κ2) is 10.6. The summed E-state index contributed by atoms with van der Waals surface area (Å²) in [7, 11) is 1.57. The van der Waals surface area contributed by atoms with Gasteiger partial charge in [-0.05, 0) is 37.0 Å². The first-order valence-corrected chi connectivity index (χ1v) is 10.6. The van der Waals surface area contributed by atoms with Crippen LogP contribution in [0.3, 0.4) is 0 Å². The second-order valence-electron chi connectivity index (χ2n) is 7.84. The Hall–Kier alpha value is -3.35. The van der Waals surface area contributed by atoms with Crippen molar-refractivity contribution in [2.24, 2.45) is 5.92 Å². The lowest BCUT2D eigenvalue weighted by Gasteiger charge is -2.29. The molecule has 0 aliphatic heterocycles. The molecule has 3 amide bonds. The zero-order valence-electron chi connectivity index (χ0n) is 17.9. The SMILES string of the molecule is COc1ccccc1CNC(=O)c1ccccc1NC(=O)C(=O)N[C@H]1CCCC[C@@H]1C. The van der Waals surface area contributed by atoms with Gasteiger partial charge in [-0.1, -0.05) is 50.1 Å². The van der Waals surface area contributed by atoms with Crippen molar-refractivity contribution in [1.29, 1.82) is 0 Å². The summed E-state index contributed by atoms with van der Waals surface area (Å²) in [5.41, 5.74) is 1.40. The number of hydrogen-bond donors (Lipinski definition) is 3. The van der Waals surface area contributed by atoms with Gasteiger partial charge in [-0.2, -0.15) is 0 Å². The number of para-hydroxylation sites is 2. The predicted octanol–water partition coefficient (Wildman–Crippen LogP) is 3.26. The van der Waals surface area contributed by atoms with Crippen LogP contribution in [-0.4, -0.2) is 30.9 Å². The normalized spacial score (nSPS) is 18.0. The maximum Gasteiger partial charge on any atom is 0.313 e. The molecule has 0 spiro atoms. The van der Waals surface area contributed by atoms with E-state index in [1.54, 1.807) is 31.4 Å². The maximum atomic E-state index is 12.7. The van der Waals surface area contributed by atoms with Gasteiger partial charge in [0, 0.05) is 18.2 Å². The Balaban J connectivity index is 1.63. The van der Waals surface area contributed by atoms with Gasteiger partial charge >= 0.3 is 11.8 Å². The Bertz CT molecular complexity index is 944. The van der Waals surface area contributed by atoms with E-state index in [4.69, 9.17) is 4.74 Å². The molecule has 0 heterocycles. The van der Waals surface area contributed by atoms with Crippen LogP contribution in [0.2, 0.25) is 0 Å². The molecule has 1 aliphatic carbocycles. The van der Waals surface area contributed by atoms with Gasteiger partial charge in [0.25, 0.3) is 5.91 Å². The molecule has 0 unspecified atom stereocenters. The minimum Gasteiger partial charge on any atom is -0.496 e. The predicted molar refractivity (Wildman–Crippen MR) is 119 cm³/mol. The summed E-state index contributed by atoms with van der Waals surface area (Å²) in [5.74, 6) is -0.787. The summed E-state index contributed by atoms with van der Waals surface area (Å²) in [4.78, 5) is 37.6.